The average Bonchev–Trinajstić information content (AvgIpc) is 2.27. The summed E-state index contributed by atoms with van der Waals surface area (Å²) in [6.45, 7) is 6.83. The summed E-state index contributed by atoms with van der Waals surface area (Å²) in [6.07, 6.45) is 5.90. The van der Waals surface area contributed by atoms with Crippen LogP contribution in [0, 0.1) is 11.3 Å². The van der Waals surface area contributed by atoms with Crippen molar-refractivity contribution in [3.8, 4) is 0 Å². The van der Waals surface area contributed by atoms with Crippen LogP contribution in [0.1, 0.15) is 52.9 Å². The van der Waals surface area contributed by atoms with Gasteiger partial charge in [-0.15, -0.1) is 0 Å². The molecular formula is C14H27NO2. The van der Waals surface area contributed by atoms with Gasteiger partial charge < -0.3 is 10.0 Å². The van der Waals surface area contributed by atoms with Gasteiger partial charge in [-0.2, -0.15) is 0 Å². The molecular weight excluding hydrogens is 214 g/mol. The summed E-state index contributed by atoms with van der Waals surface area (Å²) in [5.41, 5.74) is -0.601. The van der Waals surface area contributed by atoms with Gasteiger partial charge in [-0.25, -0.2) is 0 Å². The molecule has 0 amide bonds. The molecule has 100 valence electrons. The van der Waals surface area contributed by atoms with Crippen LogP contribution in [0.25, 0.3) is 0 Å². The number of hydrogen-bond acceptors (Lipinski definition) is 2. The number of carboxylic acids is 1. The zero-order chi connectivity index (χ0) is 13.1. The molecule has 0 aliphatic heterocycles. The molecule has 0 aromatic heterocycles. The van der Waals surface area contributed by atoms with E-state index in [0.29, 0.717) is 6.04 Å². The normalized spacial score (nSPS) is 26.2. The molecule has 0 aromatic carbocycles. The average molecular weight is 241 g/mol. The van der Waals surface area contributed by atoms with Crippen molar-refractivity contribution in [1.82, 2.24) is 4.90 Å². The van der Waals surface area contributed by atoms with Crippen molar-refractivity contribution in [1.29, 1.82) is 0 Å². The summed E-state index contributed by atoms with van der Waals surface area (Å²) in [4.78, 5) is 13.4. The van der Waals surface area contributed by atoms with Gasteiger partial charge in [0.1, 0.15) is 0 Å². The van der Waals surface area contributed by atoms with Crippen LogP contribution in [0.3, 0.4) is 0 Å². The molecule has 1 aliphatic rings. The highest BCUT2D eigenvalue weighted by Crippen LogP contribution is 2.28. The first-order valence-corrected chi connectivity index (χ1v) is 6.76. The summed E-state index contributed by atoms with van der Waals surface area (Å²) in [6, 6.07) is 0.663. The zero-order valence-corrected chi connectivity index (χ0v) is 11.7. The van der Waals surface area contributed by atoms with Gasteiger partial charge in [0.2, 0.25) is 0 Å². The van der Waals surface area contributed by atoms with E-state index in [1.165, 1.54) is 25.7 Å². The van der Waals surface area contributed by atoms with E-state index in [1.807, 2.05) is 13.8 Å². The molecule has 1 fully saturated rings. The maximum Gasteiger partial charge on any atom is 0.309 e. The van der Waals surface area contributed by atoms with Crippen molar-refractivity contribution in [3.05, 3.63) is 0 Å². The van der Waals surface area contributed by atoms with Crippen LogP contribution in [0.5, 0.6) is 0 Å². The second-order valence-electron chi connectivity index (χ2n) is 6.33. The van der Waals surface area contributed by atoms with E-state index in [-0.39, 0.29) is 0 Å². The molecule has 0 saturated heterocycles. The topological polar surface area (TPSA) is 40.5 Å². The quantitative estimate of drug-likeness (QED) is 0.804. The number of carboxylic acid groups (broad SMARTS) is 1. The second-order valence-corrected chi connectivity index (χ2v) is 6.33. The number of rotatable bonds is 5. The minimum absolute atomic E-state index is 0.601. The van der Waals surface area contributed by atoms with Crippen molar-refractivity contribution in [2.24, 2.45) is 11.3 Å². The van der Waals surface area contributed by atoms with E-state index in [1.54, 1.807) is 0 Å². The van der Waals surface area contributed by atoms with Gasteiger partial charge in [-0.05, 0) is 65.5 Å². The van der Waals surface area contributed by atoms with Gasteiger partial charge in [-0.1, -0.05) is 6.92 Å². The molecule has 1 N–H and O–H groups in total. The van der Waals surface area contributed by atoms with E-state index >= 15 is 0 Å². The Balaban J connectivity index is 2.34. The van der Waals surface area contributed by atoms with Crippen LogP contribution in [0.15, 0.2) is 0 Å². The fourth-order valence-electron chi connectivity index (χ4n) is 2.43. The van der Waals surface area contributed by atoms with Crippen molar-refractivity contribution >= 4 is 5.97 Å². The summed E-state index contributed by atoms with van der Waals surface area (Å²) in [7, 11) is 2.14. The molecule has 17 heavy (non-hydrogen) atoms. The molecule has 1 rings (SSSR count). The number of nitrogens with zero attached hydrogens (tertiary/aromatic N) is 1. The Morgan fingerprint density at radius 2 is 1.82 bits per heavy atom. The van der Waals surface area contributed by atoms with Crippen LogP contribution in [-0.2, 0) is 4.79 Å². The molecule has 1 saturated carbocycles. The molecule has 0 heterocycles. The van der Waals surface area contributed by atoms with Gasteiger partial charge in [0.05, 0.1) is 5.41 Å². The van der Waals surface area contributed by atoms with Gasteiger partial charge in [0, 0.05) is 6.04 Å². The van der Waals surface area contributed by atoms with E-state index < -0.39 is 11.4 Å². The van der Waals surface area contributed by atoms with Crippen LogP contribution in [0.4, 0.5) is 0 Å². The smallest absolute Gasteiger partial charge is 0.309 e. The highest BCUT2D eigenvalue weighted by atomic mass is 16.4. The predicted molar refractivity (Wildman–Crippen MR) is 70.1 cm³/mol. The monoisotopic (exact) mass is 241 g/mol. The standard InChI is InChI=1S/C14H27NO2/c1-11-5-7-12(8-6-11)15(4)10-9-14(2,3)13(16)17/h11-12H,5-10H2,1-4H3,(H,16,17). The molecule has 1 aliphatic carbocycles. The Labute approximate surface area is 105 Å². The largest absolute Gasteiger partial charge is 0.481 e. The Morgan fingerprint density at radius 1 is 1.29 bits per heavy atom. The maximum atomic E-state index is 11.0. The SMILES string of the molecule is CC1CCC(N(C)CCC(C)(C)C(=O)O)CC1. The lowest BCUT2D eigenvalue weighted by Gasteiger charge is -2.34. The first-order chi connectivity index (χ1) is 7.83. The highest BCUT2D eigenvalue weighted by molar-refractivity contribution is 5.73. The molecule has 0 radical (unpaired) electrons. The molecule has 0 bridgehead atoms. The first kappa shape index (κ1) is 14.5. The lowest BCUT2D eigenvalue weighted by atomic mass is 9.85. The number of hydrogen-bond donors (Lipinski definition) is 1. The third-order valence-corrected chi connectivity index (χ3v) is 4.28. The third-order valence-electron chi connectivity index (χ3n) is 4.28. The molecule has 0 unspecified atom stereocenters. The summed E-state index contributed by atoms with van der Waals surface area (Å²) >= 11 is 0. The van der Waals surface area contributed by atoms with E-state index in [0.717, 1.165) is 18.9 Å². The van der Waals surface area contributed by atoms with Crippen molar-refractivity contribution in [2.45, 2.75) is 58.9 Å². The van der Waals surface area contributed by atoms with E-state index in [2.05, 4.69) is 18.9 Å². The fourth-order valence-corrected chi connectivity index (χ4v) is 2.43. The van der Waals surface area contributed by atoms with Crippen molar-refractivity contribution in [2.75, 3.05) is 13.6 Å². The first-order valence-electron chi connectivity index (χ1n) is 6.76. The number of carbonyl (C=O) groups is 1. The minimum atomic E-state index is -0.692. The van der Waals surface area contributed by atoms with Gasteiger partial charge in [0.25, 0.3) is 0 Å². The van der Waals surface area contributed by atoms with Crippen molar-refractivity contribution in [3.63, 3.8) is 0 Å². The van der Waals surface area contributed by atoms with E-state index in [9.17, 15) is 4.79 Å². The summed E-state index contributed by atoms with van der Waals surface area (Å²) in [5.74, 6) is 0.179. The Hall–Kier alpha value is -0.570. The van der Waals surface area contributed by atoms with Gasteiger partial charge >= 0.3 is 5.97 Å². The van der Waals surface area contributed by atoms with E-state index in [4.69, 9.17) is 5.11 Å². The lowest BCUT2D eigenvalue weighted by Crippen LogP contribution is -2.38. The Kier molecular flexibility index (Phi) is 4.99. The van der Waals surface area contributed by atoms with Crippen LogP contribution in [0.2, 0.25) is 0 Å². The predicted octanol–water partition coefficient (Wildman–Crippen LogP) is 3.00. The van der Waals surface area contributed by atoms with Gasteiger partial charge in [0.15, 0.2) is 0 Å². The molecule has 0 atom stereocenters. The maximum absolute atomic E-state index is 11.0. The molecule has 0 aromatic rings. The van der Waals surface area contributed by atoms with Crippen LogP contribution in [-0.4, -0.2) is 35.6 Å². The molecule has 0 spiro atoms. The Morgan fingerprint density at radius 3 is 2.29 bits per heavy atom. The fraction of sp³-hybridized carbons (Fsp3) is 0.929. The molecule has 3 heteroatoms. The summed E-state index contributed by atoms with van der Waals surface area (Å²) < 4.78 is 0. The Bertz CT molecular complexity index is 255. The van der Waals surface area contributed by atoms with Crippen LogP contribution < -0.4 is 0 Å². The number of aliphatic carboxylic acids is 1. The molecule has 3 nitrogen and oxygen atoms in total. The third kappa shape index (κ3) is 4.30. The zero-order valence-electron chi connectivity index (χ0n) is 11.7. The minimum Gasteiger partial charge on any atom is -0.481 e. The summed E-state index contributed by atoms with van der Waals surface area (Å²) in [5, 5.41) is 9.08. The van der Waals surface area contributed by atoms with Crippen LogP contribution >= 0.6 is 0 Å². The van der Waals surface area contributed by atoms with Crippen molar-refractivity contribution < 1.29 is 9.90 Å². The highest BCUT2D eigenvalue weighted by Gasteiger charge is 2.28. The van der Waals surface area contributed by atoms with Gasteiger partial charge in [-0.3, -0.25) is 4.79 Å². The lowest BCUT2D eigenvalue weighted by molar-refractivity contribution is -0.147. The second kappa shape index (κ2) is 5.85.